The summed E-state index contributed by atoms with van der Waals surface area (Å²) in [6, 6.07) is 21.4. The second-order valence-corrected chi connectivity index (χ2v) is 18.1. The van der Waals surface area contributed by atoms with Gasteiger partial charge in [-0.1, -0.05) is 12.8 Å². The van der Waals surface area contributed by atoms with Crippen LogP contribution in [0.25, 0.3) is 62.2 Å². The van der Waals surface area contributed by atoms with Crippen molar-refractivity contribution < 1.29 is 9.47 Å². The molecule has 6 heterocycles. The summed E-state index contributed by atoms with van der Waals surface area (Å²) < 4.78 is 14.4. The Balaban J connectivity index is 1.19. The fraction of sp³-hybridized carbons (Fsp3) is 0.286. The maximum absolute atomic E-state index is 9.29. The maximum Gasteiger partial charge on any atom is 0.263 e. The second-order valence-electron chi connectivity index (χ2n) is 13.8. The molecule has 2 fully saturated rings. The van der Waals surface area contributed by atoms with E-state index < -0.39 is 0 Å². The zero-order valence-corrected chi connectivity index (χ0v) is 31.3. The zero-order valence-electron chi connectivity index (χ0n) is 28.1. The molecule has 254 valence electrons. The lowest BCUT2D eigenvalue weighted by Gasteiger charge is -2.45. The fourth-order valence-corrected chi connectivity index (χ4v) is 12.6. The molecule has 10 heteroatoms. The molecule has 4 aromatic heterocycles. The largest absolute Gasteiger partial charge is 0.481 e. The Bertz CT molecular complexity index is 2300. The highest BCUT2D eigenvalue weighted by Crippen LogP contribution is 2.61. The Morgan fingerprint density at radius 3 is 1.40 bits per heavy atom. The van der Waals surface area contributed by atoms with E-state index in [1.165, 1.54) is 35.1 Å². The number of benzene rings is 1. The summed E-state index contributed by atoms with van der Waals surface area (Å²) in [5.41, 5.74) is 4.52. The molecule has 9 rings (SSSR count). The van der Waals surface area contributed by atoms with Gasteiger partial charge in [0.2, 0.25) is 0 Å². The lowest BCUT2D eigenvalue weighted by Crippen LogP contribution is -2.40. The van der Waals surface area contributed by atoms with Crippen LogP contribution < -0.4 is 9.47 Å². The Morgan fingerprint density at radius 1 is 0.596 bits per heavy atom. The number of hydrogen-bond donors (Lipinski definition) is 0. The van der Waals surface area contributed by atoms with Crippen molar-refractivity contribution in [3.05, 3.63) is 104 Å². The van der Waals surface area contributed by atoms with Gasteiger partial charge in [-0.2, -0.15) is 0 Å². The van der Waals surface area contributed by atoms with E-state index in [1.54, 1.807) is 57.5 Å². The monoisotopic (exact) mass is 750 g/mol. The number of nitrogens with zero attached hydrogens (tertiary/aromatic N) is 4. The molecule has 52 heavy (non-hydrogen) atoms. The normalized spacial score (nSPS) is 18.0. The molecule has 6 nitrogen and oxygen atoms in total. The molecule has 2 saturated carbocycles. The van der Waals surface area contributed by atoms with Crippen molar-refractivity contribution in [1.82, 2.24) is 0 Å². The Labute approximate surface area is 318 Å². The third kappa shape index (κ3) is 5.42. The van der Waals surface area contributed by atoms with Crippen LogP contribution in [-0.2, 0) is 11.2 Å². The predicted octanol–water partition coefficient (Wildman–Crippen LogP) is 13.3. The van der Waals surface area contributed by atoms with E-state index in [2.05, 4.69) is 46.1 Å². The van der Waals surface area contributed by atoms with Gasteiger partial charge in [-0.3, -0.25) is 0 Å². The molecule has 0 unspecified atom stereocenters. The third-order valence-corrected chi connectivity index (χ3v) is 15.5. The lowest BCUT2D eigenvalue weighted by molar-refractivity contribution is 0.0206. The van der Waals surface area contributed by atoms with Gasteiger partial charge in [-0.25, -0.2) is 20.2 Å². The minimum atomic E-state index is -0.386. The topological polar surface area (TPSA) is 74.8 Å². The SMILES string of the molecule is [C-]#[N+]/C(C#N)=C\c1ccc(-c2cc3c(s2)-c2cc4c(cc2C2(CCCCC2)O3)-c2sc(-c3ccc(/C=C(\C#N)[N+]#[C-])s3)cc2OC42CCCCC2)s1. The molecule has 0 amide bonds. The second kappa shape index (κ2) is 12.9. The van der Waals surface area contributed by atoms with Crippen molar-refractivity contribution in [2.75, 3.05) is 0 Å². The van der Waals surface area contributed by atoms with Gasteiger partial charge < -0.3 is 9.47 Å². The quantitative estimate of drug-likeness (QED) is 0.135. The van der Waals surface area contributed by atoms with Crippen LogP contribution in [0.2, 0.25) is 0 Å². The lowest BCUT2D eigenvalue weighted by atomic mass is 9.71. The number of thiophene rings is 4. The maximum atomic E-state index is 9.29. The van der Waals surface area contributed by atoms with Gasteiger partial charge in [0.1, 0.15) is 22.7 Å². The van der Waals surface area contributed by atoms with E-state index in [4.69, 9.17) is 22.6 Å². The summed E-state index contributed by atoms with van der Waals surface area (Å²) in [5, 5.41) is 18.6. The van der Waals surface area contributed by atoms with Gasteiger partial charge in [0, 0.05) is 63.6 Å². The van der Waals surface area contributed by atoms with Crippen LogP contribution in [0.3, 0.4) is 0 Å². The summed E-state index contributed by atoms with van der Waals surface area (Å²) >= 11 is 6.71. The van der Waals surface area contributed by atoms with Crippen LogP contribution in [0.5, 0.6) is 11.5 Å². The van der Waals surface area contributed by atoms with Crippen LogP contribution in [0, 0.1) is 35.8 Å². The average Bonchev–Trinajstić information content (AvgIpc) is 4.00. The first-order valence-electron chi connectivity index (χ1n) is 17.5. The molecule has 1 aromatic carbocycles. The molecule has 0 atom stereocenters. The van der Waals surface area contributed by atoms with Crippen LogP contribution in [0.1, 0.15) is 85.1 Å². The highest BCUT2D eigenvalue weighted by atomic mass is 32.1. The van der Waals surface area contributed by atoms with Crippen molar-refractivity contribution >= 4 is 57.5 Å². The molecule has 5 aromatic rings. The van der Waals surface area contributed by atoms with E-state index in [9.17, 15) is 10.5 Å². The molecule has 0 bridgehead atoms. The van der Waals surface area contributed by atoms with Crippen molar-refractivity contribution in [2.24, 2.45) is 0 Å². The molecular formula is C42H30N4O2S4. The van der Waals surface area contributed by atoms with Gasteiger partial charge in [-0.05, 0) is 99.9 Å². The van der Waals surface area contributed by atoms with E-state index in [-0.39, 0.29) is 22.6 Å². The minimum Gasteiger partial charge on any atom is -0.481 e. The number of allylic oxidation sites excluding steroid dienone is 2. The van der Waals surface area contributed by atoms with Gasteiger partial charge >= 0.3 is 0 Å². The average molecular weight is 751 g/mol. The molecule has 0 N–H and O–H groups in total. The molecule has 2 aliphatic heterocycles. The van der Waals surface area contributed by atoms with E-state index in [0.29, 0.717) is 0 Å². The molecular weight excluding hydrogens is 721 g/mol. The molecule has 4 aliphatic rings. The van der Waals surface area contributed by atoms with E-state index >= 15 is 0 Å². The summed E-state index contributed by atoms with van der Waals surface area (Å²) in [7, 11) is 0. The number of fused-ring (bicyclic) bond motifs is 8. The van der Waals surface area contributed by atoms with Crippen molar-refractivity contribution in [3.8, 4) is 64.0 Å². The number of rotatable bonds is 4. The van der Waals surface area contributed by atoms with Gasteiger partial charge in [-0.15, -0.1) is 45.3 Å². The van der Waals surface area contributed by atoms with Crippen molar-refractivity contribution in [1.29, 1.82) is 10.5 Å². The molecule has 2 aliphatic carbocycles. The molecule has 0 saturated heterocycles. The summed E-state index contributed by atoms with van der Waals surface area (Å²) in [4.78, 5) is 15.2. The van der Waals surface area contributed by atoms with Crippen LogP contribution in [0.4, 0.5) is 0 Å². The van der Waals surface area contributed by atoms with Gasteiger partial charge in [0.05, 0.1) is 35.0 Å². The summed E-state index contributed by atoms with van der Waals surface area (Å²) in [5.74, 6) is 1.90. The summed E-state index contributed by atoms with van der Waals surface area (Å²) in [6.45, 7) is 14.6. The minimum absolute atomic E-state index is 0.0862. The molecule has 0 radical (unpaired) electrons. The first-order chi connectivity index (χ1) is 25.4. The smallest absolute Gasteiger partial charge is 0.263 e. The van der Waals surface area contributed by atoms with Crippen LogP contribution >= 0.6 is 45.3 Å². The Kier molecular flexibility index (Phi) is 8.19. The van der Waals surface area contributed by atoms with E-state index in [1.807, 2.05) is 24.3 Å². The fourth-order valence-electron chi connectivity index (χ4n) is 8.34. The number of nitriles is 2. The highest BCUT2D eigenvalue weighted by molar-refractivity contribution is 7.25. The Hall–Kier alpha value is -4.94. The van der Waals surface area contributed by atoms with Crippen LogP contribution in [-0.4, -0.2) is 0 Å². The summed E-state index contributed by atoms with van der Waals surface area (Å²) in [6.07, 6.45) is 14.2. The predicted molar refractivity (Wildman–Crippen MR) is 211 cm³/mol. The zero-order chi connectivity index (χ0) is 35.5. The van der Waals surface area contributed by atoms with Gasteiger partial charge in [0.15, 0.2) is 0 Å². The van der Waals surface area contributed by atoms with Crippen molar-refractivity contribution in [3.63, 3.8) is 0 Å². The Morgan fingerprint density at radius 2 is 1.02 bits per heavy atom. The van der Waals surface area contributed by atoms with Crippen molar-refractivity contribution in [2.45, 2.75) is 75.4 Å². The first-order valence-corrected chi connectivity index (χ1v) is 20.8. The highest BCUT2D eigenvalue weighted by Gasteiger charge is 2.48. The standard InChI is InChI=1S/C42H30N4O2S4/c1-45-25(23-43)17-27-9-11-35(49-27)37-21-33-39(51-37)29-19-32-30(20-31(29)41(47-33)13-5-3-6-14-41)40-34(48-42(32)15-7-4-8-16-42)22-38(52-40)36-12-10-28(50-36)18-26(24-44)46-2/h9-12,17-22H,3-8,13-16H2/b25-17-,26-18+. The molecule has 2 spiro atoms. The first kappa shape index (κ1) is 32.9. The van der Waals surface area contributed by atoms with Gasteiger partial charge in [0.25, 0.3) is 11.4 Å². The van der Waals surface area contributed by atoms with E-state index in [0.717, 1.165) is 102 Å². The number of hydrogen-bond acceptors (Lipinski definition) is 8. The van der Waals surface area contributed by atoms with Crippen LogP contribution in [0.15, 0.2) is 59.9 Å². The third-order valence-electron chi connectivity index (χ3n) is 10.7. The number of ether oxygens (including phenoxy) is 2.